The topological polar surface area (TPSA) is 29.4 Å². The number of benzene rings is 1. The highest BCUT2D eigenvalue weighted by Gasteiger charge is 1.92. The molecule has 0 saturated heterocycles. The van der Waals surface area contributed by atoms with Crippen LogP contribution in [-0.2, 0) is 11.2 Å². The van der Waals surface area contributed by atoms with Gasteiger partial charge in [-0.2, -0.15) is 4.99 Å². The Hall–Kier alpha value is -1.66. The van der Waals surface area contributed by atoms with Crippen molar-refractivity contribution in [3.8, 4) is 0 Å². The highest BCUT2D eigenvalue weighted by molar-refractivity contribution is 5.49. The highest BCUT2D eigenvalue weighted by atomic mass is 16.1. The molecule has 0 heterocycles. The molecule has 0 amide bonds. The molecule has 0 spiro atoms. The summed E-state index contributed by atoms with van der Waals surface area (Å²) in [5.41, 5.74) is 1.93. The molecule has 0 aliphatic heterocycles. The van der Waals surface area contributed by atoms with Gasteiger partial charge in [0.15, 0.2) is 0 Å². The van der Waals surface area contributed by atoms with Gasteiger partial charge in [-0.1, -0.05) is 31.2 Å². The molecule has 1 aromatic carbocycles. The van der Waals surface area contributed by atoms with Gasteiger partial charge in [0.2, 0.25) is 6.08 Å². The molecule has 0 aliphatic carbocycles. The summed E-state index contributed by atoms with van der Waals surface area (Å²) in [6.07, 6.45) is 9.07. The second kappa shape index (κ2) is 6.74. The predicted octanol–water partition coefficient (Wildman–Crippen LogP) is 3.55. The van der Waals surface area contributed by atoms with Crippen LogP contribution in [-0.4, -0.2) is 6.08 Å². The quantitative estimate of drug-likeness (QED) is 0.407. The zero-order valence-corrected chi connectivity index (χ0v) is 8.94. The van der Waals surface area contributed by atoms with Gasteiger partial charge in [-0.25, -0.2) is 4.79 Å². The van der Waals surface area contributed by atoms with Crippen molar-refractivity contribution < 1.29 is 4.79 Å². The fourth-order valence-corrected chi connectivity index (χ4v) is 1.32. The van der Waals surface area contributed by atoms with E-state index in [1.165, 1.54) is 11.6 Å². The van der Waals surface area contributed by atoms with Crippen molar-refractivity contribution >= 4 is 11.8 Å². The van der Waals surface area contributed by atoms with Crippen LogP contribution in [0.15, 0.2) is 41.4 Å². The van der Waals surface area contributed by atoms with Gasteiger partial charge >= 0.3 is 0 Å². The molecule has 1 rings (SSSR count). The van der Waals surface area contributed by atoms with Crippen LogP contribution in [0.25, 0.3) is 0 Å². The Morgan fingerprint density at radius 1 is 1.27 bits per heavy atom. The number of nitrogens with zero attached hydrogens (tertiary/aromatic N) is 1. The standard InChI is InChI=1S/C13H15NO/c1-2-3-4-5-6-12-7-9-13(10-8-12)14-11-15/h3-4,7-10H,2,5-6H2,1H3/b4-3+. The van der Waals surface area contributed by atoms with Crippen molar-refractivity contribution in [1.29, 1.82) is 0 Å². The van der Waals surface area contributed by atoms with E-state index in [-0.39, 0.29) is 0 Å². The lowest BCUT2D eigenvalue weighted by atomic mass is 10.1. The first-order chi connectivity index (χ1) is 7.36. The average Bonchev–Trinajstić information content (AvgIpc) is 2.27. The van der Waals surface area contributed by atoms with Crippen molar-refractivity contribution in [3.63, 3.8) is 0 Å². The number of rotatable bonds is 5. The number of isocyanates is 1. The Balaban J connectivity index is 2.49. The molecule has 0 fully saturated rings. The lowest BCUT2D eigenvalue weighted by Gasteiger charge is -1.98. The first kappa shape index (κ1) is 11.4. The van der Waals surface area contributed by atoms with Crippen molar-refractivity contribution in [2.75, 3.05) is 0 Å². The van der Waals surface area contributed by atoms with E-state index in [9.17, 15) is 4.79 Å². The Kier molecular flexibility index (Phi) is 5.13. The van der Waals surface area contributed by atoms with Crippen LogP contribution in [0.4, 0.5) is 5.69 Å². The van der Waals surface area contributed by atoms with Crippen LogP contribution >= 0.6 is 0 Å². The maximum absolute atomic E-state index is 10.0. The van der Waals surface area contributed by atoms with Gasteiger partial charge in [-0.3, -0.25) is 0 Å². The van der Waals surface area contributed by atoms with E-state index in [2.05, 4.69) is 24.1 Å². The fourth-order valence-electron chi connectivity index (χ4n) is 1.32. The molecule has 15 heavy (non-hydrogen) atoms. The molecule has 2 heteroatoms. The van der Waals surface area contributed by atoms with Crippen molar-refractivity contribution in [2.45, 2.75) is 26.2 Å². The zero-order valence-electron chi connectivity index (χ0n) is 8.94. The highest BCUT2D eigenvalue weighted by Crippen LogP contribution is 2.13. The smallest absolute Gasteiger partial charge is 0.211 e. The summed E-state index contributed by atoms with van der Waals surface area (Å²) >= 11 is 0. The minimum Gasteiger partial charge on any atom is -0.211 e. The predicted molar refractivity (Wildman–Crippen MR) is 62.0 cm³/mol. The van der Waals surface area contributed by atoms with Gasteiger partial charge in [-0.05, 0) is 37.0 Å². The van der Waals surface area contributed by atoms with E-state index in [0.717, 1.165) is 19.3 Å². The Labute approximate surface area is 90.4 Å². The lowest BCUT2D eigenvalue weighted by molar-refractivity contribution is 0.565. The monoisotopic (exact) mass is 201 g/mol. The molecule has 0 aliphatic rings. The second-order valence-electron chi connectivity index (χ2n) is 3.29. The third kappa shape index (κ3) is 4.39. The molecular weight excluding hydrogens is 186 g/mol. The van der Waals surface area contributed by atoms with E-state index in [1.54, 1.807) is 0 Å². The number of hydrogen-bond donors (Lipinski definition) is 0. The van der Waals surface area contributed by atoms with Gasteiger partial charge < -0.3 is 0 Å². The van der Waals surface area contributed by atoms with E-state index in [0.29, 0.717) is 5.69 Å². The molecule has 1 aromatic rings. The number of hydrogen-bond acceptors (Lipinski definition) is 2. The minimum absolute atomic E-state index is 0.665. The zero-order chi connectivity index (χ0) is 10.9. The summed E-state index contributed by atoms with van der Waals surface area (Å²) < 4.78 is 0. The Bertz CT molecular complexity index is 359. The van der Waals surface area contributed by atoms with E-state index >= 15 is 0 Å². The van der Waals surface area contributed by atoms with E-state index < -0.39 is 0 Å². The third-order valence-corrected chi connectivity index (χ3v) is 2.11. The summed E-state index contributed by atoms with van der Waals surface area (Å²) in [7, 11) is 0. The van der Waals surface area contributed by atoms with Crippen LogP contribution in [0.3, 0.4) is 0 Å². The van der Waals surface area contributed by atoms with Crippen LogP contribution in [0.1, 0.15) is 25.3 Å². The van der Waals surface area contributed by atoms with Gasteiger partial charge in [0.05, 0.1) is 5.69 Å². The molecule has 0 unspecified atom stereocenters. The van der Waals surface area contributed by atoms with Gasteiger partial charge in [0.1, 0.15) is 0 Å². The Morgan fingerprint density at radius 3 is 2.60 bits per heavy atom. The average molecular weight is 201 g/mol. The summed E-state index contributed by atoms with van der Waals surface area (Å²) in [5.74, 6) is 0. The van der Waals surface area contributed by atoms with Crippen molar-refractivity contribution in [2.24, 2.45) is 4.99 Å². The van der Waals surface area contributed by atoms with E-state index in [1.807, 2.05) is 24.3 Å². The first-order valence-electron chi connectivity index (χ1n) is 5.18. The third-order valence-electron chi connectivity index (χ3n) is 2.11. The number of carbonyl (C=O) groups excluding carboxylic acids is 1. The van der Waals surface area contributed by atoms with Crippen molar-refractivity contribution in [1.82, 2.24) is 0 Å². The fraction of sp³-hybridized carbons (Fsp3) is 0.308. The molecule has 2 nitrogen and oxygen atoms in total. The van der Waals surface area contributed by atoms with Crippen LogP contribution in [0.5, 0.6) is 0 Å². The molecule has 0 bridgehead atoms. The second-order valence-corrected chi connectivity index (χ2v) is 3.29. The van der Waals surface area contributed by atoms with Crippen LogP contribution in [0, 0.1) is 0 Å². The molecule has 0 N–H and O–H groups in total. The van der Waals surface area contributed by atoms with Crippen molar-refractivity contribution in [3.05, 3.63) is 42.0 Å². The van der Waals surface area contributed by atoms with E-state index in [4.69, 9.17) is 0 Å². The molecule has 0 saturated carbocycles. The van der Waals surface area contributed by atoms with Gasteiger partial charge in [-0.15, -0.1) is 0 Å². The van der Waals surface area contributed by atoms with Gasteiger partial charge in [0.25, 0.3) is 0 Å². The Morgan fingerprint density at radius 2 is 2.00 bits per heavy atom. The maximum atomic E-state index is 10.0. The summed E-state index contributed by atoms with van der Waals surface area (Å²) in [5, 5.41) is 0. The normalized spacial score (nSPS) is 10.2. The lowest BCUT2D eigenvalue weighted by Crippen LogP contribution is -1.81. The maximum Gasteiger partial charge on any atom is 0.240 e. The number of aryl methyl sites for hydroxylation is 1. The van der Waals surface area contributed by atoms with Crippen LogP contribution in [0.2, 0.25) is 0 Å². The molecule has 0 radical (unpaired) electrons. The first-order valence-corrected chi connectivity index (χ1v) is 5.18. The van der Waals surface area contributed by atoms with Gasteiger partial charge in [0, 0.05) is 0 Å². The number of allylic oxidation sites excluding steroid dienone is 2. The summed E-state index contributed by atoms with van der Waals surface area (Å²) in [4.78, 5) is 13.5. The summed E-state index contributed by atoms with van der Waals surface area (Å²) in [6.45, 7) is 2.13. The molecule has 0 atom stereocenters. The minimum atomic E-state index is 0.665. The molecular formula is C13H15NO. The largest absolute Gasteiger partial charge is 0.240 e. The molecule has 78 valence electrons. The summed E-state index contributed by atoms with van der Waals surface area (Å²) in [6, 6.07) is 7.67. The number of aliphatic imine (C=N–C) groups is 1. The van der Waals surface area contributed by atoms with Crippen LogP contribution < -0.4 is 0 Å². The molecule has 0 aromatic heterocycles. The SMILES string of the molecule is CC/C=C/CCc1ccc(N=C=O)cc1.